The van der Waals surface area contributed by atoms with Crippen LogP contribution in [0, 0.1) is 0 Å². The molecule has 32 heavy (non-hydrogen) atoms. The summed E-state index contributed by atoms with van der Waals surface area (Å²) in [7, 11) is 0. The molecule has 0 radical (unpaired) electrons. The Morgan fingerprint density at radius 3 is 2.56 bits per heavy atom. The van der Waals surface area contributed by atoms with Crippen LogP contribution in [0.15, 0.2) is 72.9 Å². The molecule has 3 aromatic carbocycles. The van der Waals surface area contributed by atoms with Crippen LogP contribution < -0.4 is 5.32 Å². The molecule has 5 heteroatoms. The molecule has 1 unspecified atom stereocenters. The summed E-state index contributed by atoms with van der Waals surface area (Å²) in [6, 6.07) is 22.8. The van der Waals surface area contributed by atoms with E-state index >= 15 is 0 Å². The van der Waals surface area contributed by atoms with Gasteiger partial charge < -0.3 is 5.32 Å². The van der Waals surface area contributed by atoms with Crippen LogP contribution in [0.3, 0.4) is 0 Å². The maximum absolute atomic E-state index is 6.32. The first-order valence-electron chi connectivity index (χ1n) is 10.9. The number of hydrogen-bond acceptors (Lipinski definition) is 3. The Hall–Kier alpha value is -2.88. The van der Waals surface area contributed by atoms with E-state index in [2.05, 4.69) is 71.8 Å². The highest BCUT2D eigenvalue weighted by Gasteiger charge is 2.27. The van der Waals surface area contributed by atoms with Crippen molar-refractivity contribution in [3.05, 3.63) is 105 Å². The molecule has 0 aliphatic heterocycles. The number of anilines is 2. The number of aryl methyl sites for hydroxylation is 1. The lowest BCUT2D eigenvalue weighted by Gasteiger charge is -2.27. The zero-order chi connectivity index (χ0) is 22.1. The molecule has 3 nitrogen and oxygen atoms in total. The van der Waals surface area contributed by atoms with Gasteiger partial charge in [-0.3, -0.25) is 0 Å². The molecule has 1 aromatic heterocycles. The molecule has 0 spiro atoms. The van der Waals surface area contributed by atoms with Crippen molar-refractivity contribution in [3.63, 3.8) is 0 Å². The number of aromatic nitrogens is 2. The summed E-state index contributed by atoms with van der Waals surface area (Å²) in [6.45, 7) is 2.19. The fourth-order valence-electron chi connectivity index (χ4n) is 4.40. The van der Waals surface area contributed by atoms with E-state index in [0.717, 1.165) is 47.3 Å². The van der Waals surface area contributed by atoms with E-state index in [1.54, 1.807) is 0 Å². The van der Waals surface area contributed by atoms with Crippen LogP contribution in [0.2, 0.25) is 10.0 Å². The predicted octanol–water partition coefficient (Wildman–Crippen LogP) is 7.83. The van der Waals surface area contributed by atoms with Crippen LogP contribution in [0.5, 0.6) is 0 Å². The summed E-state index contributed by atoms with van der Waals surface area (Å²) < 4.78 is 0. The number of halogens is 2. The Morgan fingerprint density at radius 1 is 0.969 bits per heavy atom. The summed E-state index contributed by atoms with van der Waals surface area (Å²) in [5.41, 5.74) is 7.96. The highest BCUT2D eigenvalue weighted by molar-refractivity contribution is 6.42. The van der Waals surface area contributed by atoms with Crippen LogP contribution in [0.4, 0.5) is 11.6 Å². The third-order valence-corrected chi connectivity index (χ3v) is 6.71. The Labute approximate surface area is 198 Å². The Kier molecular flexibility index (Phi) is 5.86. The molecule has 1 aliphatic carbocycles. The lowest BCUT2D eigenvalue weighted by atomic mass is 9.78. The van der Waals surface area contributed by atoms with Crippen molar-refractivity contribution < 1.29 is 0 Å². The smallest absolute Gasteiger partial charge is 0.227 e. The minimum absolute atomic E-state index is 0.182. The first-order chi connectivity index (χ1) is 15.6. The van der Waals surface area contributed by atoms with Crippen molar-refractivity contribution in [1.82, 2.24) is 9.97 Å². The second kappa shape index (κ2) is 8.93. The van der Waals surface area contributed by atoms with E-state index in [9.17, 15) is 0 Å². The van der Waals surface area contributed by atoms with Gasteiger partial charge in [-0.05, 0) is 59.4 Å². The molecule has 1 N–H and O–H groups in total. The minimum atomic E-state index is 0.182. The molecule has 0 amide bonds. The molecule has 0 bridgehead atoms. The average molecular weight is 460 g/mol. The Bertz CT molecular complexity index is 1270. The van der Waals surface area contributed by atoms with Crippen LogP contribution in [-0.4, -0.2) is 9.97 Å². The summed E-state index contributed by atoms with van der Waals surface area (Å²) >= 11 is 12.5. The van der Waals surface area contributed by atoms with E-state index in [1.165, 1.54) is 11.1 Å². The van der Waals surface area contributed by atoms with Gasteiger partial charge in [0.2, 0.25) is 5.95 Å². The number of rotatable bonds is 5. The van der Waals surface area contributed by atoms with Crippen molar-refractivity contribution in [2.24, 2.45) is 0 Å². The standard InChI is InChI=1S/C27H23Cl2N3/c1-2-5-17-8-11-20(12-9-17)31-27-30-16-19-14-23(18-10-13-24(28)25(29)15-18)21-6-3-4-7-22(21)26(19)32-27/h3-4,6-13,15-16,23H,2,5,14H2,1H3,(H,30,31,32). The van der Waals surface area contributed by atoms with Gasteiger partial charge in [-0.1, -0.05) is 79.0 Å². The van der Waals surface area contributed by atoms with Crippen molar-refractivity contribution in [3.8, 4) is 11.3 Å². The van der Waals surface area contributed by atoms with E-state index in [-0.39, 0.29) is 5.92 Å². The molecule has 0 saturated carbocycles. The van der Waals surface area contributed by atoms with E-state index in [1.807, 2.05) is 18.3 Å². The van der Waals surface area contributed by atoms with E-state index in [4.69, 9.17) is 28.2 Å². The summed E-state index contributed by atoms with van der Waals surface area (Å²) in [4.78, 5) is 9.51. The summed E-state index contributed by atoms with van der Waals surface area (Å²) in [5.74, 6) is 0.789. The van der Waals surface area contributed by atoms with Crippen LogP contribution in [0.1, 0.15) is 41.5 Å². The minimum Gasteiger partial charge on any atom is -0.324 e. The average Bonchev–Trinajstić information content (AvgIpc) is 2.82. The Balaban J connectivity index is 1.48. The van der Waals surface area contributed by atoms with Gasteiger partial charge in [0.15, 0.2) is 0 Å². The van der Waals surface area contributed by atoms with Gasteiger partial charge in [-0.15, -0.1) is 0 Å². The largest absolute Gasteiger partial charge is 0.324 e. The van der Waals surface area contributed by atoms with Crippen LogP contribution in [-0.2, 0) is 12.8 Å². The molecular formula is C27H23Cl2N3. The van der Waals surface area contributed by atoms with Crippen molar-refractivity contribution in [1.29, 1.82) is 0 Å². The Morgan fingerprint density at radius 2 is 1.78 bits per heavy atom. The fourth-order valence-corrected chi connectivity index (χ4v) is 4.70. The third kappa shape index (κ3) is 4.11. The second-order valence-electron chi connectivity index (χ2n) is 8.16. The molecule has 0 fully saturated rings. The van der Waals surface area contributed by atoms with Crippen molar-refractivity contribution >= 4 is 34.8 Å². The van der Waals surface area contributed by atoms with Crippen LogP contribution >= 0.6 is 23.2 Å². The van der Waals surface area contributed by atoms with E-state index in [0.29, 0.717) is 16.0 Å². The molecule has 1 heterocycles. The number of nitrogens with one attached hydrogen (secondary N) is 1. The molecule has 1 aliphatic rings. The maximum Gasteiger partial charge on any atom is 0.227 e. The van der Waals surface area contributed by atoms with Gasteiger partial charge in [0.05, 0.1) is 15.7 Å². The SMILES string of the molecule is CCCc1ccc(Nc2ncc3c(n2)-c2ccccc2C(c2ccc(Cl)c(Cl)c2)C3)cc1. The highest BCUT2D eigenvalue weighted by Crippen LogP contribution is 2.42. The summed E-state index contributed by atoms with van der Waals surface area (Å²) in [5, 5.41) is 4.50. The molecule has 4 aromatic rings. The van der Waals surface area contributed by atoms with Crippen molar-refractivity contribution in [2.45, 2.75) is 32.1 Å². The van der Waals surface area contributed by atoms with Gasteiger partial charge in [0, 0.05) is 23.4 Å². The fraction of sp³-hybridized carbons (Fsp3) is 0.185. The zero-order valence-corrected chi connectivity index (χ0v) is 19.3. The normalized spacial score (nSPS) is 14.5. The molecule has 0 saturated heterocycles. The topological polar surface area (TPSA) is 37.8 Å². The lowest BCUT2D eigenvalue weighted by molar-refractivity contribution is 0.782. The molecule has 160 valence electrons. The maximum atomic E-state index is 6.32. The van der Waals surface area contributed by atoms with Crippen LogP contribution in [0.25, 0.3) is 11.3 Å². The third-order valence-electron chi connectivity index (χ3n) is 5.97. The first kappa shape index (κ1) is 21.0. The second-order valence-corrected chi connectivity index (χ2v) is 8.97. The van der Waals surface area contributed by atoms with Gasteiger partial charge in [-0.25, -0.2) is 9.97 Å². The van der Waals surface area contributed by atoms with Gasteiger partial charge in [0.1, 0.15) is 0 Å². The quantitative estimate of drug-likeness (QED) is 0.330. The number of hydrogen-bond donors (Lipinski definition) is 1. The van der Waals surface area contributed by atoms with Crippen molar-refractivity contribution in [2.75, 3.05) is 5.32 Å². The van der Waals surface area contributed by atoms with Gasteiger partial charge in [0.25, 0.3) is 0 Å². The number of fused-ring (bicyclic) bond motifs is 3. The number of nitrogens with zero attached hydrogens (tertiary/aromatic N) is 2. The number of benzene rings is 3. The monoisotopic (exact) mass is 459 g/mol. The lowest BCUT2D eigenvalue weighted by Crippen LogP contribution is -2.15. The highest BCUT2D eigenvalue weighted by atomic mass is 35.5. The molecule has 5 rings (SSSR count). The molecule has 1 atom stereocenters. The predicted molar refractivity (Wildman–Crippen MR) is 133 cm³/mol. The zero-order valence-electron chi connectivity index (χ0n) is 17.8. The molecular weight excluding hydrogens is 437 g/mol. The van der Waals surface area contributed by atoms with E-state index < -0.39 is 0 Å². The van der Waals surface area contributed by atoms with Gasteiger partial charge in [-0.2, -0.15) is 0 Å². The summed E-state index contributed by atoms with van der Waals surface area (Å²) in [6.07, 6.45) is 4.99. The van der Waals surface area contributed by atoms with Gasteiger partial charge >= 0.3 is 0 Å². The first-order valence-corrected chi connectivity index (χ1v) is 11.6.